The third kappa shape index (κ3) is 8.99. The van der Waals surface area contributed by atoms with Gasteiger partial charge in [-0.3, -0.25) is 19.2 Å². The van der Waals surface area contributed by atoms with E-state index in [-0.39, 0.29) is 11.6 Å². The molecule has 11 heteroatoms. The fourth-order valence-electron chi connectivity index (χ4n) is 4.32. The highest BCUT2D eigenvalue weighted by Crippen LogP contribution is 2.30. The van der Waals surface area contributed by atoms with Gasteiger partial charge in [0.2, 0.25) is 11.8 Å². The summed E-state index contributed by atoms with van der Waals surface area (Å²) in [6.45, 7) is 1.90. The van der Waals surface area contributed by atoms with Crippen LogP contribution in [0.1, 0.15) is 39.6 Å². The monoisotopic (exact) mass is 638 g/mol. The second kappa shape index (κ2) is 16.0. The van der Waals surface area contributed by atoms with Crippen LogP contribution in [-0.4, -0.2) is 43.1 Å². The molecule has 1 atom stereocenters. The van der Waals surface area contributed by atoms with E-state index in [1.54, 1.807) is 97.1 Å². The summed E-state index contributed by atoms with van der Waals surface area (Å²) in [6, 6.07) is 27.1. The van der Waals surface area contributed by atoms with Crippen molar-refractivity contribution >= 4 is 52.8 Å². The Bertz CT molecular complexity index is 1740. The molecule has 0 spiro atoms. The predicted octanol–water partition coefficient (Wildman–Crippen LogP) is 5.72. The number of anilines is 2. The van der Waals surface area contributed by atoms with E-state index in [1.807, 2.05) is 13.0 Å². The van der Waals surface area contributed by atoms with Crippen molar-refractivity contribution in [3.63, 3.8) is 0 Å². The van der Waals surface area contributed by atoms with Crippen LogP contribution in [-0.2, 0) is 9.59 Å². The van der Waals surface area contributed by atoms with Gasteiger partial charge in [0.1, 0.15) is 5.70 Å². The molecule has 0 bridgehead atoms. The summed E-state index contributed by atoms with van der Waals surface area (Å²) >= 11 is 1.34. The second-order valence-electron chi connectivity index (χ2n) is 9.92. The van der Waals surface area contributed by atoms with Crippen molar-refractivity contribution in [2.45, 2.75) is 23.5 Å². The molecule has 4 amide bonds. The Kier molecular flexibility index (Phi) is 11.6. The zero-order valence-electron chi connectivity index (χ0n) is 25.5. The number of primary amides is 1. The van der Waals surface area contributed by atoms with Gasteiger partial charge in [-0.1, -0.05) is 37.3 Å². The second-order valence-corrected chi connectivity index (χ2v) is 11.2. The molecule has 4 aromatic carbocycles. The van der Waals surface area contributed by atoms with Gasteiger partial charge in [-0.2, -0.15) is 0 Å². The molecule has 236 valence electrons. The van der Waals surface area contributed by atoms with Crippen LogP contribution in [0.15, 0.2) is 108 Å². The van der Waals surface area contributed by atoms with Gasteiger partial charge >= 0.3 is 0 Å². The van der Waals surface area contributed by atoms with Crippen LogP contribution in [0.3, 0.4) is 0 Å². The summed E-state index contributed by atoms with van der Waals surface area (Å²) < 4.78 is 10.7. The zero-order chi connectivity index (χ0) is 33.1. The molecule has 0 aliphatic heterocycles. The Morgan fingerprint density at radius 3 is 2.15 bits per heavy atom. The minimum atomic E-state index is -0.551. The van der Waals surface area contributed by atoms with E-state index >= 15 is 0 Å². The smallest absolute Gasteiger partial charge is 0.272 e. The lowest BCUT2D eigenvalue weighted by Gasteiger charge is -2.16. The summed E-state index contributed by atoms with van der Waals surface area (Å²) in [5, 5.41) is 8.01. The number of ether oxygens (including phenoxy) is 2. The molecule has 10 nitrogen and oxygen atoms in total. The Balaban J connectivity index is 1.52. The zero-order valence-corrected chi connectivity index (χ0v) is 26.4. The van der Waals surface area contributed by atoms with E-state index in [0.29, 0.717) is 46.0 Å². The van der Waals surface area contributed by atoms with Gasteiger partial charge in [0.05, 0.1) is 19.5 Å². The lowest BCUT2D eigenvalue weighted by molar-refractivity contribution is -0.116. The van der Waals surface area contributed by atoms with E-state index in [1.165, 1.54) is 26.0 Å². The molecular weight excluding hydrogens is 604 g/mol. The molecule has 5 N–H and O–H groups in total. The molecule has 0 saturated carbocycles. The molecule has 0 saturated heterocycles. The lowest BCUT2D eigenvalue weighted by Crippen LogP contribution is -2.30. The van der Waals surface area contributed by atoms with E-state index in [2.05, 4.69) is 16.0 Å². The topological polar surface area (TPSA) is 149 Å². The first kappa shape index (κ1) is 33.3. The number of rotatable bonds is 13. The van der Waals surface area contributed by atoms with Crippen molar-refractivity contribution in [3.8, 4) is 11.5 Å². The minimum Gasteiger partial charge on any atom is -0.493 e. The quantitative estimate of drug-likeness (QED) is 0.108. The normalized spacial score (nSPS) is 11.6. The van der Waals surface area contributed by atoms with E-state index in [9.17, 15) is 19.2 Å². The highest BCUT2D eigenvalue weighted by Gasteiger charge is 2.20. The predicted molar refractivity (Wildman–Crippen MR) is 180 cm³/mol. The van der Waals surface area contributed by atoms with Crippen molar-refractivity contribution in [1.82, 2.24) is 5.32 Å². The summed E-state index contributed by atoms with van der Waals surface area (Å²) in [7, 11) is 3.04. The number of hydrogen-bond donors (Lipinski definition) is 4. The first-order valence-electron chi connectivity index (χ1n) is 14.3. The molecular formula is C35H34N4O6S. The first-order valence-corrected chi connectivity index (χ1v) is 15.2. The van der Waals surface area contributed by atoms with Gasteiger partial charge in [-0.15, -0.1) is 11.8 Å². The molecule has 0 aliphatic carbocycles. The van der Waals surface area contributed by atoms with Gasteiger partial charge < -0.3 is 31.2 Å². The van der Waals surface area contributed by atoms with Crippen LogP contribution in [0.2, 0.25) is 0 Å². The van der Waals surface area contributed by atoms with Gasteiger partial charge in [0.15, 0.2) is 11.5 Å². The summed E-state index contributed by atoms with van der Waals surface area (Å²) in [6.07, 6.45) is 2.08. The van der Waals surface area contributed by atoms with Gasteiger partial charge in [-0.05, 0) is 84.8 Å². The van der Waals surface area contributed by atoms with E-state index < -0.39 is 23.0 Å². The first-order chi connectivity index (χ1) is 22.2. The maximum atomic E-state index is 13.6. The van der Waals surface area contributed by atoms with Crippen LogP contribution < -0.4 is 31.2 Å². The highest BCUT2D eigenvalue weighted by atomic mass is 32.2. The number of methoxy groups -OCH3 is 2. The largest absolute Gasteiger partial charge is 0.493 e. The number of nitrogens with two attached hydrogens (primary N) is 1. The Morgan fingerprint density at radius 1 is 0.783 bits per heavy atom. The maximum Gasteiger partial charge on any atom is 0.272 e. The SMILES string of the molecule is CCC(Sc1cccc(NC(=O)/C(=C\c2ccc(OC)c(OC)c2)NC(=O)c2ccccc2)c1)C(=O)Nc1ccc(C(N)=O)cc1. The van der Waals surface area contributed by atoms with Crippen LogP contribution >= 0.6 is 11.8 Å². The third-order valence-corrected chi connectivity index (χ3v) is 8.08. The number of benzene rings is 4. The molecule has 0 aromatic heterocycles. The Morgan fingerprint density at radius 2 is 1.50 bits per heavy atom. The summed E-state index contributed by atoms with van der Waals surface area (Å²) in [4.78, 5) is 51.7. The number of hydrogen-bond acceptors (Lipinski definition) is 7. The number of thioether (sulfide) groups is 1. The van der Waals surface area contributed by atoms with E-state index in [0.717, 1.165) is 4.90 Å². The molecule has 0 heterocycles. The van der Waals surface area contributed by atoms with Crippen LogP contribution in [0.25, 0.3) is 6.08 Å². The molecule has 0 fully saturated rings. The van der Waals surface area contributed by atoms with Crippen molar-refractivity contribution in [1.29, 1.82) is 0 Å². The van der Waals surface area contributed by atoms with Gasteiger partial charge in [-0.25, -0.2) is 0 Å². The third-order valence-electron chi connectivity index (χ3n) is 6.72. The highest BCUT2D eigenvalue weighted by molar-refractivity contribution is 8.00. The molecule has 0 aliphatic rings. The molecule has 4 rings (SSSR count). The summed E-state index contributed by atoms with van der Waals surface area (Å²) in [5.74, 6) is -0.773. The number of carbonyl (C=O) groups excluding carboxylic acids is 4. The Hall–Kier alpha value is -5.55. The Labute approximate surface area is 271 Å². The van der Waals surface area contributed by atoms with Crippen LogP contribution in [0.5, 0.6) is 11.5 Å². The van der Waals surface area contributed by atoms with Crippen molar-refractivity contribution in [2.75, 3.05) is 24.9 Å². The number of nitrogens with one attached hydrogen (secondary N) is 3. The molecule has 46 heavy (non-hydrogen) atoms. The number of carbonyl (C=O) groups is 4. The average Bonchev–Trinajstić information content (AvgIpc) is 3.07. The van der Waals surface area contributed by atoms with Crippen molar-refractivity contribution in [2.24, 2.45) is 5.73 Å². The minimum absolute atomic E-state index is 0.00676. The van der Waals surface area contributed by atoms with E-state index in [4.69, 9.17) is 15.2 Å². The van der Waals surface area contributed by atoms with Crippen LogP contribution in [0.4, 0.5) is 11.4 Å². The number of amides is 4. The van der Waals surface area contributed by atoms with Crippen molar-refractivity contribution in [3.05, 3.63) is 119 Å². The summed E-state index contributed by atoms with van der Waals surface area (Å²) in [5.41, 5.74) is 7.65. The standard InChI is InChI=1S/C35H34N4O6S/c1-4-31(35(43)37-25-16-14-23(15-17-25)32(36)40)46-27-12-8-11-26(21-27)38-34(42)28(39-33(41)24-9-6-5-7-10-24)19-22-13-18-29(44-2)30(20-22)45-3/h5-21,31H,4H2,1-3H3,(H2,36,40)(H,37,43)(H,38,42)(H,39,41)/b28-19+. The van der Waals surface area contributed by atoms with Gasteiger partial charge in [0, 0.05) is 27.4 Å². The molecule has 4 aromatic rings. The maximum absolute atomic E-state index is 13.6. The van der Waals surface area contributed by atoms with Gasteiger partial charge in [0.25, 0.3) is 11.8 Å². The average molecular weight is 639 g/mol. The fraction of sp³-hybridized carbons (Fsp3) is 0.143. The lowest BCUT2D eigenvalue weighted by atomic mass is 10.1. The van der Waals surface area contributed by atoms with Crippen molar-refractivity contribution < 1.29 is 28.7 Å². The molecule has 0 radical (unpaired) electrons. The molecule has 1 unspecified atom stereocenters. The fourth-order valence-corrected chi connectivity index (χ4v) is 5.34. The van der Waals surface area contributed by atoms with Crippen LogP contribution in [0, 0.1) is 0 Å².